The summed E-state index contributed by atoms with van der Waals surface area (Å²) in [6.45, 7) is 12.6. The maximum atomic E-state index is 12.2. The average molecular weight is 439 g/mol. The molecule has 2 heterocycles. The molecule has 2 amide bonds. The van der Waals surface area contributed by atoms with Crippen LogP contribution in [-0.4, -0.2) is 105 Å². The van der Waals surface area contributed by atoms with Crippen molar-refractivity contribution in [2.24, 2.45) is 10.9 Å². The van der Waals surface area contributed by atoms with E-state index in [2.05, 4.69) is 25.4 Å². The first-order chi connectivity index (χ1) is 14.7. The quantitative estimate of drug-likeness (QED) is 0.370. The van der Waals surface area contributed by atoms with Gasteiger partial charge in [0.15, 0.2) is 5.96 Å². The molecule has 0 aromatic rings. The van der Waals surface area contributed by atoms with Crippen LogP contribution in [0.5, 0.6) is 0 Å². The third-order valence-corrected chi connectivity index (χ3v) is 5.84. The van der Waals surface area contributed by atoms with E-state index in [1.807, 2.05) is 27.8 Å². The van der Waals surface area contributed by atoms with Crippen molar-refractivity contribution in [2.45, 2.75) is 52.1 Å². The highest BCUT2D eigenvalue weighted by atomic mass is 16.6. The predicted octanol–water partition coefficient (Wildman–Crippen LogP) is 1.35. The van der Waals surface area contributed by atoms with Crippen LogP contribution in [0.15, 0.2) is 4.99 Å². The van der Waals surface area contributed by atoms with Gasteiger partial charge in [-0.15, -0.1) is 0 Å². The number of likely N-dealkylation sites (tertiary alicyclic amines) is 1. The van der Waals surface area contributed by atoms with Gasteiger partial charge < -0.3 is 25.2 Å². The lowest BCUT2D eigenvalue weighted by Gasteiger charge is -2.36. The molecule has 0 aromatic carbocycles. The second kappa shape index (κ2) is 12.1. The van der Waals surface area contributed by atoms with E-state index in [1.165, 1.54) is 0 Å². The molecule has 0 bridgehead atoms. The fraction of sp³-hybridized carbons (Fsp3) is 0.864. The Balaban J connectivity index is 1.61. The van der Waals surface area contributed by atoms with E-state index in [0.29, 0.717) is 12.3 Å². The zero-order valence-electron chi connectivity index (χ0n) is 20.1. The van der Waals surface area contributed by atoms with Crippen LogP contribution in [0.3, 0.4) is 0 Å². The van der Waals surface area contributed by atoms with Gasteiger partial charge in [0.25, 0.3) is 0 Å². The topological polar surface area (TPSA) is 89.5 Å². The molecule has 178 valence electrons. The number of carbonyl (C=O) groups is 2. The molecule has 0 aliphatic carbocycles. The molecule has 0 saturated carbocycles. The Labute approximate surface area is 187 Å². The molecule has 2 rings (SSSR count). The van der Waals surface area contributed by atoms with E-state index in [-0.39, 0.29) is 12.0 Å². The number of guanidine groups is 1. The SMILES string of the molecule is CN=C(NCCCN1CCN(C(=O)OC(C)(C)C)CC1)N1CCC(CC(=O)NC)CC1. The largest absolute Gasteiger partial charge is 0.444 e. The second-order valence-electron chi connectivity index (χ2n) is 9.44. The maximum absolute atomic E-state index is 12.2. The van der Waals surface area contributed by atoms with Crippen LogP contribution in [-0.2, 0) is 9.53 Å². The van der Waals surface area contributed by atoms with Crippen LogP contribution < -0.4 is 10.6 Å². The van der Waals surface area contributed by atoms with E-state index >= 15 is 0 Å². The van der Waals surface area contributed by atoms with Crippen LogP contribution in [0.4, 0.5) is 4.79 Å². The van der Waals surface area contributed by atoms with Gasteiger partial charge in [-0.05, 0) is 52.5 Å². The summed E-state index contributed by atoms with van der Waals surface area (Å²) >= 11 is 0. The lowest BCUT2D eigenvalue weighted by molar-refractivity contribution is -0.121. The number of nitrogens with one attached hydrogen (secondary N) is 2. The summed E-state index contributed by atoms with van der Waals surface area (Å²) in [5.74, 6) is 1.55. The molecule has 0 atom stereocenters. The van der Waals surface area contributed by atoms with Crippen molar-refractivity contribution in [3.8, 4) is 0 Å². The number of nitrogens with zero attached hydrogens (tertiary/aromatic N) is 4. The second-order valence-corrected chi connectivity index (χ2v) is 9.44. The van der Waals surface area contributed by atoms with Gasteiger partial charge in [-0.1, -0.05) is 0 Å². The number of amides is 2. The fourth-order valence-electron chi connectivity index (χ4n) is 4.03. The smallest absolute Gasteiger partial charge is 0.410 e. The molecule has 2 fully saturated rings. The molecule has 0 spiro atoms. The number of piperazine rings is 1. The van der Waals surface area contributed by atoms with Gasteiger partial charge in [-0.2, -0.15) is 0 Å². The van der Waals surface area contributed by atoms with Crippen molar-refractivity contribution in [1.82, 2.24) is 25.3 Å². The summed E-state index contributed by atoms with van der Waals surface area (Å²) in [5, 5.41) is 6.20. The minimum atomic E-state index is -0.447. The van der Waals surface area contributed by atoms with Gasteiger partial charge in [-0.3, -0.25) is 14.7 Å². The van der Waals surface area contributed by atoms with Gasteiger partial charge in [0.2, 0.25) is 5.91 Å². The van der Waals surface area contributed by atoms with Crippen molar-refractivity contribution in [3.05, 3.63) is 0 Å². The van der Waals surface area contributed by atoms with Gasteiger partial charge in [0.1, 0.15) is 5.60 Å². The van der Waals surface area contributed by atoms with Crippen LogP contribution in [0.1, 0.15) is 46.5 Å². The first kappa shape index (κ1) is 25.2. The Morgan fingerprint density at radius 2 is 1.68 bits per heavy atom. The summed E-state index contributed by atoms with van der Waals surface area (Å²) in [6.07, 6.45) is 3.49. The Morgan fingerprint density at radius 3 is 2.23 bits per heavy atom. The Kier molecular flexibility index (Phi) is 9.87. The normalized spacial score (nSPS) is 19.3. The number of aliphatic imine (C=N–C) groups is 1. The highest BCUT2D eigenvalue weighted by Crippen LogP contribution is 2.20. The Hall–Kier alpha value is -2.03. The zero-order valence-corrected chi connectivity index (χ0v) is 20.1. The first-order valence-electron chi connectivity index (χ1n) is 11.6. The summed E-state index contributed by atoms with van der Waals surface area (Å²) < 4.78 is 5.46. The minimum Gasteiger partial charge on any atom is -0.444 e. The molecular formula is C22H42N6O3. The predicted molar refractivity (Wildman–Crippen MR) is 123 cm³/mol. The summed E-state index contributed by atoms with van der Waals surface area (Å²) in [6, 6.07) is 0. The lowest BCUT2D eigenvalue weighted by Crippen LogP contribution is -2.50. The molecule has 9 nitrogen and oxygen atoms in total. The Bertz CT molecular complexity index is 603. The third kappa shape index (κ3) is 8.93. The molecule has 2 N–H and O–H groups in total. The Morgan fingerprint density at radius 1 is 1.03 bits per heavy atom. The van der Waals surface area contributed by atoms with E-state index in [4.69, 9.17) is 4.74 Å². The van der Waals surface area contributed by atoms with E-state index < -0.39 is 5.60 Å². The van der Waals surface area contributed by atoms with Crippen LogP contribution in [0.25, 0.3) is 0 Å². The highest BCUT2D eigenvalue weighted by Gasteiger charge is 2.26. The number of ether oxygens (including phenoxy) is 1. The highest BCUT2D eigenvalue weighted by molar-refractivity contribution is 5.80. The van der Waals surface area contributed by atoms with Crippen molar-refractivity contribution >= 4 is 18.0 Å². The number of hydrogen-bond acceptors (Lipinski definition) is 5. The van der Waals surface area contributed by atoms with Gasteiger partial charge in [0, 0.05) is 66.3 Å². The van der Waals surface area contributed by atoms with Crippen LogP contribution in [0, 0.1) is 5.92 Å². The molecule has 0 aromatic heterocycles. The molecular weight excluding hydrogens is 396 g/mol. The van der Waals surface area contributed by atoms with Gasteiger partial charge in [0.05, 0.1) is 0 Å². The van der Waals surface area contributed by atoms with Gasteiger partial charge >= 0.3 is 6.09 Å². The molecule has 31 heavy (non-hydrogen) atoms. The fourth-order valence-corrected chi connectivity index (χ4v) is 4.03. The molecule has 2 aliphatic heterocycles. The number of piperidine rings is 1. The monoisotopic (exact) mass is 438 g/mol. The average Bonchev–Trinajstić information content (AvgIpc) is 2.73. The van der Waals surface area contributed by atoms with Crippen molar-refractivity contribution in [3.63, 3.8) is 0 Å². The number of rotatable bonds is 6. The van der Waals surface area contributed by atoms with Crippen molar-refractivity contribution < 1.29 is 14.3 Å². The molecule has 9 heteroatoms. The van der Waals surface area contributed by atoms with Crippen LogP contribution >= 0.6 is 0 Å². The number of hydrogen-bond donors (Lipinski definition) is 2. The summed E-state index contributed by atoms with van der Waals surface area (Å²) in [7, 11) is 3.53. The van der Waals surface area contributed by atoms with Gasteiger partial charge in [-0.25, -0.2) is 4.79 Å². The maximum Gasteiger partial charge on any atom is 0.410 e. The third-order valence-electron chi connectivity index (χ3n) is 5.84. The zero-order chi connectivity index (χ0) is 22.9. The summed E-state index contributed by atoms with van der Waals surface area (Å²) in [4.78, 5) is 34.7. The van der Waals surface area contributed by atoms with E-state index in [1.54, 1.807) is 11.9 Å². The molecule has 2 saturated heterocycles. The first-order valence-corrected chi connectivity index (χ1v) is 11.6. The molecule has 2 aliphatic rings. The number of carbonyl (C=O) groups excluding carboxylic acids is 2. The van der Waals surface area contributed by atoms with Crippen molar-refractivity contribution in [1.29, 1.82) is 0 Å². The summed E-state index contributed by atoms with van der Waals surface area (Å²) in [5.41, 5.74) is -0.447. The van der Waals surface area contributed by atoms with Crippen molar-refractivity contribution in [2.75, 3.05) is 66.5 Å². The minimum absolute atomic E-state index is 0.132. The molecule has 0 unspecified atom stereocenters. The van der Waals surface area contributed by atoms with E-state index in [0.717, 1.165) is 77.6 Å². The van der Waals surface area contributed by atoms with E-state index in [9.17, 15) is 9.59 Å². The van der Waals surface area contributed by atoms with Crippen LogP contribution in [0.2, 0.25) is 0 Å². The standard InChI is InChI=1S/C22H42N6O3/c1-22(2,3)31-21(30)28-15-13-26(14-16-28)10-6-9-25-20(24-5)27-11-7-18(8-12-27)17-19(29)23-4/h18H,6-17H2,1-5H3,(H,23,29)(H,24,25). The lowest BCUT2D eigenvalue weighted by atomic mass is 9.93. The molecule has 0 radical (unpaired) electrons.